The van der Waals surface area contributed by atoms with E-state index >= 15 is 0 Å². The largest absolute Gasteiger partial charge is 0.344 e. The SMILES string of the molecule is CC1CCCCC1(CN)NC(=O)c1cccn1CC(F)F. The molecule has 6 heteroatoms. The minimum Gasteiger partial charge on any atom is -0.344 e. The van der Waals surface area contributed by atoms with Crippen LogP contribution in [0.25, 0.3) is 0 Å². The highest BCUT2D eigenvalue weighted by molar-refractivity contribution is 5.93. The zero-order valence-corrected chi connectivity index (χ0v) is 12.3. The molecule has 1 heterocycles. The summed E-state index contributed by atoms with van der Waals surface area (Å²) >= 11 is 0. The third-order valence-corrected chi connectivity index (χ3v) is 4.58. The Kier molecular flexibility index (Phi) is 4.98. The summed E-state index contributed by atoms with van der Waals surface area (Å²) in [7, 11) is 0. The van der Waals surface area contributed by atoms with Crippen molar-refractivity contribution < 1.29 is 13.6 Å². The number of hydrogen-bond acceptors (Lipinski definition) is 2. The molecule has 2 rings (SSSR count). The molecule has 21 heavy (non-hydrogen) atoms. The molecule has 0 bridgehead atoms. The lowest BCUT2D eigenvalue weighted by Gasteiger charge is -2.42. The van der Waals surface area contributed by atoms with Crippen LogP contribution >= 0.6 is 0 Å². The van der Waals surface area contributed by atoms with E-state index in [0.717, 1.165) is 25.7 Å². The molecule has 0 saturated heterocycles. The summed E-state index contributed by atoms with van der Waals surface area (Å²) in [5.74, 6) is -0.0291. The maximum Gasteiger partial charge on any atom is 0.268 e. The van der Waals surface area contributed by atoms with Crippen LogP contribution in [-0.4, -0.2) is 29.0 Å². The van der Waals surface area contributed by atoms with E-state index in [1.807, 2.05) is 0 Å². The molecular formula is C15H23F2N3O. The van der Waals surface area contributed by atoms with Crippen LogP contribution in [0.2, 0.25) is 0 Å². The Morgan fingerprint density at radius 2 is 2.33 bits per heavy atom. The zero-order valence-electron chi connectivity index (χ0n) is 12.3. The highest BCUT2D eigenvalue weighted by atomic mass is 19.3. The van der Waals surface area contributed by atoms with E-state index < -0.39 is 18.5 Å². The Hall–Kier alpha value is -1.43. The molecule has 3 N–H and O–H groups in total. The molecule has 0 radical (unpaired) electrons. The van der Waals surface area contributed by atoms with Gasteiger partial charge in [-0.05, 0) is 30.9 Å². The molecule has 1 saturated carbocycles. The fourth-order valence-electron chi connectivity index (χ4n) is 3.17. The lowest BCUT2D eigenvalue weighted by atomic mass is 9.73. The second kappa shape index (κ2) is 6.56. The van der Waals surface area contributed by atoms with Crippen LogP contribution in [0.5, 0.6) is 0 Å². The minimum atomic E-state index is -2.49. The van der Waals surface area contributed by atoms with Gasteiger partial charge in [-0.3, -0.25) is 4.79 Å². The van der Waals surface area contributed by atoms with Crippen molar-refractivity contribution in [2.45, 2.75) is 51.1 Å². The average Bonchev–Trinajstić information content (AvgIpc) is 2.89. The van der Waals surface area contributed by atoms with Gasteiger partial charge in [0, 0.05) is 12.7 Å². The van der Waals surface area contributed by atoms with Gasteiger partial charge in [0.2, 0.25) is 0 Å². The Morgan fingerprint density at radius 1 is 1.57 bits per heavy atom. The van der Waals surface area contributed by atoms with Gasteiger partial charge in [-0.25, -0.2) is 8.78 Å². The van der Waals surface area contributed by atoms with Gasteiger partial charge < -0.3 is 15.6 Å². The Morgan fingerprint density at radius 3 is 2.95 bits per heavy atom. The predicted octanol–water partition coefficient (Wildman–Crippen LogP) is 2.39. The van der Waals surface area contributed by atoms with Crippen molar-refractivity contribution >= 4 is 5.91 Å². The molecule has 4 nitrogen and oxygen atoms in total. The van der Waals surface area contributed by atoms with Crippen molar-refractivity contribution in [3.63, 3.8) is 0 Å². The highest BCUT2D eigenvalue weighted by Gasteiger charge is 2.38. The highest BCUT2D eigenvalue weighted by Crippen LogP contribution is 2.33. The normalized spacial score (nSPS) is 26.0. The number of rotatable bonds is 5. The van der Waals surface area contributed by atoms with Crippen LogP contribution in [0.3, 0.4) is 0 Å². The molecule has 1 aromatic heterocycles. The Bertz CT molecular complexity index is 489. The number of halogens is 2. The van der Waals surface area contributed by atoms with Crippen LogP contribution < -0.4 is 11.1 Å². The van der Waals surface area contributed by atoms with E-state index in [0.29, 0.717) is 12.5 Å². The van der Waals surface area contributed by atoms with Crippen molar-refractivity contribution in [3.05, 3.63) is 24.0 Å². The van der Waals surface area contributed by atoms with E-state index in [1.54, 1.807) is 12.1 Å². The fourth-order valence-corrected chi connectivity index (χ4v) is 3.17. The van der Waals surface area contributed by atoms with E-state index in [4.69, 9.17) is 5.73 Å². The lowest BCUT2D eigenvalue weighted by Crippen LogP contribution is -2.59. The predicted molar refractivity (Wildman–Crippen MR) is 77.3 cm³/mol. The van der Waals surface area contributed by atoms with Crippen LogP contribution in [0, 0.1) is 5.92 Å². The maximum atomic E-state index is 12.5. The van der Waals surface area contributed by atoms with E-state index in [2.05, 4.69) is 12.2 Å². The first-order valence-electron chi connectivity index (χ1n) is 7.44. The van der Waals surface area contributed by atoms with Gasteiger partial charge in [-0.15, -0.1) is 0 Å². The lowest BCUT2D eigenvalue weighted by molar-refractivity contribution is 0.0794. The number of alkyl halides is 2. The quantitative estimate of drug-likeness (QED) is 0.877. The molecule has 0 spiro atoms. The summed E-state index contributed by atoms with van der Waals surface area (Å²) in [5, 5.41) is 3.02. The van der Waals surface area contributed by atoms with E-state index in [9.17, 15) is 13.6 Å². The number of nitrogens with zero attached hydrogens (tertiary/aromatic N) is 1. The van der Waals surface area contributed by atoms with Crippen molar-refractivity contribution in [3.8, 4) is 0 Å². The molecular weight excluding hydrogens is 276 g/mol. The molecule has 118 valence electrons. The second-order valence-corrected chi connectivity index (χ2v) is 5.90. The Balaban J connectivity index is 2.14. The zero-order chi connectivity index (χ0) is 15.5. The summed E-state index contributed by atoms with van der Waals surface area (Å²) in [4.78, 5) is 12.5. The first-order chi connectivity index (χ1) is 9.98. The smallest absolute Gasteiger partial charge is 0.268 e. The number of hydrogen-bond donors (Lipinski definition) is 2. The monoisotopic (exact) mass is 299 g/mol. The summed E-state index contributed by atoms with van der Waals surface area (Å²) in [6.07, 6.45) is 3.04. The second-order valence-electron chi connectivity index (χ2n) is 5.90. The molecule has 1 aromatic rings. The average molecular weight is 299 g/mol. The standard InChI is InChI=1S/C15H23F2N3O/c1-11-5-2-3-7-15(11,10-18)19-14(21)12-6-4-8-20(12)9-13(16)17/h4,6,8,11,13H,2-3,5,7,9-10,18H2,1H3,(H,19,21). The fraction of sp³-hybridized carbons (Fsp3) is 0.667. The maximum absolute atomic E-state index is 12.5. The summed E-state index contributed by atoms with van der Waals surface area (Å²) in [6.45, 7) is 1.99. The van der Waals surface area contributed by atoms with Gasteiger partial charge in [0.15, 0.2) is 0 Å². The van der Waals surface area contributed by atoms with Gasteiger partial charge in [0.25, 0.3) is 12.3 Å². The number of amides is 1. The van der Waals surface area contributed by atoms with Gasteiger partial charge >= 0.3 is 0 Å². The van der Waals surface area contributed by atoms with Gasteiger partial charge in [0.1, 0.15) is 5.69 Å². The molecule has 0 aliphatic heterocycles. The Labute approximate surface area is 123 Å². The number of aromatic nitrogens is 1. The van der Waals surface area contributed by atoms with Crippen LogP contribution in [0.4, 0.5) is 8.78 Å². The summed E-state index contributed by atoms with van der Waals surface area (Å²) in [6, 6.07) is 3.17. The molecule has 1 fully saturated rings. The van der Waals surface area contributed by atoms with Crippen molar-refractivity contribution in [1.82, 2.24) is 9.88 Å². The molecule has 1 aliphatic rings. The number of nitrogens with two attached hydrogens (primary N) is 1. The molecule has 2 unspecified atom stereocenters. The van der Waals surface area contributed by atoms with E-state index in [-0.39, 0.29) is 11.6 Å². The van der Waals surface area contributed by atoms with E-state index in [1.165, 1.54) is 10.8 Å². The van der Waals surface area contributed by atoms with Crippen molar-refractivity contribution in [1.29, 1.82) is 0 Å². The third-order valence-electron chi connectivity index (χ3n) is 4.58. The molecule has 0 aromatic carbocycles. The summed E-state index contributed by atoms with van der Waals surface area (Å²) < 4.78 is 26.4. The number of carbonyl (C=O) groups excluding carboxylic acids is 1. The number of nitrogens with one attached hydrogen (secondary N) is 1. The van der Waals surface area contributed by atoms with Crippen molar-refractivity contribution in [2.24, 2.45) is 11.7 Å². The first-order valence-corrected chi connectivity index (χ1v) is 7.44. The summed E-state index contributed by atoms with van der Waals surface area (Å²) in [5.41, 5.74) is 5.75. The van der Waals surface area contributed by atoms with Crippen LogP contribution in [0.1, 0.15) is 43.1 Å². The molecule has 1 amide bonds. The van der Waals surface area contributed by atoms with Gasteiger partial charge in [0.05, 0.1) is 12.1 Å². The van der Waals surface area contributed by atoms with Crippen LogP contribution in [0.15, 0.2) is 18.3 Å². The van der Waals surface area contributed by atoms with Crippen molar-refractivity contribution in [2.75, 3.05) is 6.54 Å². The minimum absolute atomic E-state index is 0.265. The van der Waals surface area contributed by atoms with Gasteiger partial charge in [-0.2, -0.15) is 0 Å². The number of carbonyl (C=O) groups is 1. The molecule has 2 atom stereocenters. The molecule has 1 aliphatic carbocycles. The third kappa shape index (κ3) is 3.43. The topological polar surface area (TPSA) is 60.0 Å². The van der Waals surface area contributed by atoms with Crippen LogP contribution in [-0.2, 0) is 6.54 Å². The first kappa shape index (κ1) is 15.9. The van der Waals surface area contributed by atoms with Gasteiger partial charge in [-0.1, -0.05) is 19.8 Å².